The van der Waals surface area contributed by atoms with Crippen molar-refractivity contribution in [2.24, 2.45) is 0 Å². The molecule has 0 fully saturated rings. The number of nitrogens with zero attached hydrogens (tertiary/aromatic N) is 4. The Morgan fingerprint density at radius 2 is 2.00 bits per heavy atom. The first-order valence-corrected chi connectivity index (χ1v) is 8.90. The second-order valence-corrected chi connectivity index (χ2v) is 6.69. The van der Waals surface area contributed by atoms with Gasteiger partial charge in [-0.2, -0.15) is 4.98 Å². The maximum absolute atomic E-state index is 13.1. The van der Waals surface area contributed by atoms with E-state index in [-0.39, 0.29) is 36.2 Å². The number of hydrogen-bond acceptors (Lipinski definition) is 5. The van der Waals surface area contributed by atoms with Crippen LogP contribution in [0, 0.1) is 19.7 Å². The minimum atomic E-state index is -0.375. The van der Waals surface area contributed by atoms with Crippen molar-refractivity contribution in [3.05, 3.63) is 63.4 Å². The van der Waals surface area contributed by atoms with Crippen molar-refractivity contribution in [1.82, 2.24) is 24.8 Å². The number of rotatable bonds is 6. The number of aromatic amines is 1. The summed E-state index contributed by atoms with van der Waals surface area (Å²) in [4.78, 5) is 30.9. The molecule has 0 saturated heterocycles. The number of aryl methyl sites for hydroxylation is 2. The van der Waals surface area contributed by atoms with Crippen LogP contribution >= 0.6 is 0 Å². The third-order valence-electron chi connectivity index (χ3n) is 4.74. The van der Waals surface area contributed by atoms with E-state index in [0.29, 0.717) is 28.7 Å². The standard InChI is InChI=1S/C19H22FN5O3/c1-11-16(19(27)25(22-11)15-7-5-14(20)6-8-15)9-10-17(26)24(4)12(2)18-21-13(3)23-28-18/h5-8,12,22H,9-10H2,1-4H3. The molecule has 3 aromatic rings. The molecule has 0 radical (unpaired) electrons. The molecule has 0 saturated carbocycles. The van der Waals surface area contributed by atoms with Crippen LogP contribution in [0.2, 0.25) is 0 Å². The number of aromatic nitrogens is 4. The molecule has 1 atom stereocenters. The Morgan fingerprint density at radius 3 is 2.61 bits per heavy atom. The number of amides is 1. The summed E-state index contributed by atoms with van der Waals surface area (Å²) >= 11 is 0. The van der Waals surface area contributed by atoms with Crippen LogP contribution in [-0.4, -0.2) is 37.8 Å². The molecule has 1 aromatic carbocycles. The number of hydrogen-bond donors (Lipinski definition) is 1. The summed E-state index contributed by atoms with van der Waals surface area (Å²) < 4.78 is 19.6. The Bertz CT molecular complexity index is 1030. The Morgan fingerprint density at radius 1 is 1.32 bits per heavy atom. The lowest BCUT2D eigenvalue weighted by Crippen LogP contribution is -2.30. The first-order chi connectivity index (χ1) is 13.3. The third-order valence-corrected chi connectivity index (χ3v) is 4.74. The monoisotopic (exact) mass is 387 g/mol. The summed E-state index contributed by atoms with van der Waals surface area (Å²) in [5.41, 5.74) is 1.47. The van der Waals surface area contributed by atoms with E-state index in [9.17, 15) is 14.0 Å². The molecule has 8 nitrogen and oxygen atoms in total. The molecule has 0 aliphatic carbocycles. The normalized spacial score (nSPS) is 12.2. The SMILES string of the molecule is Cc1noc(C(C)N(C)C(=O)CCc2c(C)[nH]n(-c3ccc(F)cc3)c2=O)n1. The quantitative estimate of drug-likeness (QED) is 0.701. The van der Waals surface area contributed by atoms with Crippen LogP contribution in [0.1, 0.15) is 42.4 Å². The van der Waals surface area contributed by atoms with Gasteiger partial charge in [-0.15, -0.1) is 0 Å². The lowest BCUT2D eigenvalue weighted by molar-refractivity contribution is -0.132. The molecule has 1 amide bonds. The van der Waals surface area contributed by atoms with E-state index in [2.05, 4.69) is 15.2 Å². The van der Waals surface area contributed by atoms with Crippen molar-refractivity contribution in [2.75, 3.05) is 7.05 Å². The van der Waals surface area contributed by atoms with Gasteiger partial charge in [-0.3, -0.25) is 14.7 Å². The molecule has 1 unspecified atom stereocenters. The van der Waals surface area contributed by atoms with Gasteiger partial charge in [0.2, 0.25) is 11.8 Å². The number of benzene rings is 1. The molecule has 2 heterocycles. The average Bonchev–Trinajstić information content (AvgIpc) is 3.22. The topological polar surface area (TPSA) is 97.0 Å². The minimum Gasteiger partial charge on any atom is -0.337 e. The molecule has 0 bridgehead atoms. The van der Waals surface area contributed by atoms with Gasteiger partial charge < -0.3 is 9.42 Å². The van der Waals surface area contributed by atoms with Gasteiger partial charge in [0.15, 0.2) is 5.82 Å². The van der Waals surface area contributed by atoms with Gasteiger partial charge in [0.25, 0.3) is 5.56 Å². The predicted molar refractivity (Wildman–Crippen MR) is 99.6 cm³/mol. The van der Waals surface area contributed by atoms with Crippen molar-refractivity contribution < 1.29 is 13.7 Å². The smallest absolute Gasteiger partial charge is 0.274 e. The van der Waals surface area contributed by atoms with Gasteiger partial charge in [-0.1, -0.05) is 5.16 Å². The van der Waals surface area contributed by atoms with Crippen LogP contribution in [0.4, 0.5) is 4.39 Å². The van der Waals surface area contributed by atoms with Gasteiger partial charge in [0.1, 0.15) is 11.9 Å². The molecule has 28 heavy (non-hydrogen) atoms. The van der Waals surface area contributed by atoms with Crippen molar-refractivity contribution in [1.29, 1.82) is 0 Å². The van der Waals surface area contributed by atoms with E-state index >= 15 is 0 Å². The zero-order chi connectivity index (χ0) is 20.4. The van der Waals surface area contributed by atoms with Crippen LogP contribution < -0.4 is 5.56 Å². The molecule has 0 spiro atoms. The first-order valence-electron chi connectivity index (χ1n) is 8.90. The fraction of sp³-hybridized carbons (Fsp3) is 0.368. The second-order valence-electron chi connectivity index (χ2n) is 6.69. The molecule has 0 aliphatic rings. The Hall–Kier alpha value is -3.23. The Labute approximate surface area is 161 Å². The third kappa shape index (κ3) is 3.88. The zero-order valence-corrected chi connectivity index (χ0v) is 16.2. The highest BCUT2D eigenvalue weighted by Crippen LogP contribution is 2.18. The van der Waals surface area contributed by atoms with Crippen molar-refractivity contribution >= 4 is 5.91 Å². The number of H-pyrrole nitrogens is 1. The largest absolute Gasteiger partial charge is 0.337 e. The highest BCUT2D eigenvalue weighted by Gasteiger charge is 2.23. The molecule has 9 heteroatoms. The van der Waals surface area contributed by atoms with Gasteiger partial charge >= 0.3 is 0 Å². The van der Waals surface area contributed by atoms with E-state index < -0.39 is 0 Å². The van der Waals surface area contributed by atoms with Crippen LogP contribution in [-0.2, 0) is 11.2 Å². The summed E-state index contributed by atoms with van der Waals surface area (Å²) in [6.07, 6.45) is 0.444. The van der Waals surface area contributed by atoms with Crippen molar-refractivity contribution in [3.8, 4) is 5.69 Å². The Kier molecular flexibility index (Phi) is 5.43. The van der Waals surface area contributed by atoms with E-state index in [4.69, 9.17) is 4.52 Å². The van der Waals surface area contributed by atoms with E-state index in [1.807, 2.05) is 0 Å². The maximum Gasteiger partial charge on any atom is 0.274 e. The molecular formula is C19H22FN5O3. The number of carbonyl (C=O) groups excluding carboxylic acids is 1. The summed E-state index contributed by atoms with van der Waals surface area (Å²) in [7, 11) is 1.66. The van der Waals surface area contributed by atoms with E-state index in [0.717, 1.165) is 0 Å². The van der Waals surface area contributed by atoms with E-state index in [1.165, 1.54) is 33.8 Å². The van der Waals surface area contributed by atoms with Crippen LogP contribution in [0.25, 0.3) is 5.69 Å². The highest BCUT2D eigenvalue weighted by molar-refractivity contribution is 5.76. The zero-order valence-electron chi connectivity index (χ0n) is 16.2. The van der Waals surface area contributed by atoms with Gasteiger partial charge in [0, 0.05) is 24.7 Å². The maximum atomic E-state index is 13.1. The van der Waals surface area contributed by atoms with E-state index in [1.54, 1.807) is 27.8 Å². The summed E-state index contributed by atoms with van der Waals surface area (Å²) in [5.74, 6) is 0.355. The van der Waals surface area contributed by atoms with Crippen molar-refractivity contribution in [3.63, 3.8) is 0 Å². The van der Waals surface area contributed by atoms with Gasteiger partial charge in [-0.05, 0) is 51.5 Å². The number of carbonyl (C=O) groups is 1. The summed E-state index contributed by atoms with van der Waals surface area (Å²) in [6.45, 7) is 5.28. The molecule has 2 aromatic heterocycles. The summed E-state index contributed by atoms with van der Waals surface area (Å²) in [5, 5.41) is 6.71. The van der Waals surface area contributed by atoms with Crippen molar-refractivity contribution in [2.45, 2.75) is 39.7 Å². The fourth-order valence-corrected chi connectivity index (χ4v) is 2.92. The fourth-order valence-electron chi connectivity index (χ4n) is 2.92. The highest BCUT2D eigenvalue weighted by atomic mass is 19.1. The molecular weight excluding hydrogens is 365 g/mol. The Balaban J connectivity index is 1.71. The van der Waals surface area contributed by atoms with Crippen LogP contribution in [0.5, 0.6) is 0 Å². The lowest BCUT2D eigenvalue weighted by atomic mass is 10.1. The predicted octanol–water partition coefficient (Wildman–Crippen LogP) is 2.46. The number of halogens is 1. The van der Waals surface area contributed by atoms with Crippen LogP contribution in [0.3, 0.4) is 0 Å². The first kappa shape index (κ1) is 19.5. The second kappa shape index (κ2) is 7.79. The van der Waals surface area contributed by atoms with Gasteiger partial charge in [-0.25, -0.2) is 9.07 Å². The summed E-state index contributed by atoms with van der Waals surface area (Å²) in [6, 6.07) is 5.25. The average molecular weight is 387 g/mol. The van der Waals surface area contributed by atoms with Crippen LogP contribution in [0.15, 0.2) is 33.6 Å². The number of nitrogens with one attached hydrogen (secondary N) is 1. The minimum absolute atomic E-state index is 0.142. The molecule has 3 rings (SSSR count). The lowest BCUT2D eigenvalue weighted by Gasteiger charge is -2.21. The molecule has 0 aliphatic heterocycles. The molecule has 1 N–H and O–H groups in total. The van der Waals surface area contributed by atoms with Gasteiger partial charge in [0.05, 0.1) is 5.69 Å². The molecule has 148 valence electrons.